The standard InChI is InChI=1S/C7H5Cl2N5O/c8-3-1-4(9)5(11-2-3)6-12-7(13-10)15-14-6/h1-2H,10H2,(H,12,13,14). The number of rotatable bonds is 2. The van der Waals surface area contributed by atoms with Crippen molar-refractivity contribution in [1.29, 1.82) is 0 Å². The van der Waals surface area contributed by atoms with E-state index in [-0.39, 0.29) is 11.8 Å². The molecule has 0 radical (unpaired) electrons. The first-order chi connectivity index (χ1) is 7.20. The highest BCUT2D eigenvalue weighted by Gasteiger charge is 2.12. The van der Waals surface area contributed by atoms with Gasteiger partial charge in [0.25, 0.3) is 0 Å². The lowest BCUT2D eigenvalue weighted by atomic mass is 10.3. The fraction of sp³-hybridized carbons (Fsp3) is 0. The molecule has 0 aromatic carbocycles. The van der Waals surface area contributed by atoms with Gasteiger partial charge in [0.15, 0.2) is 0 Å². The highest BCUT2D eigenvalue weighted by molar-refractivity contribution is 6.35. The van der Waals surface area contributed by atoms with E-state index in [0.29, 0.717) is 15.7 Å². The molecule has 0 spiro atoms. The van der Waals surface area contributed by atoms with Crippen LogP contribution in [0.4, 0.5) is 6.01 Å². The SMILES string of the molecule is NNc1nc(-c2ncc(Cl)cc2Cl)no1. The van der Waals surface area contributed by atoms with Gasteiger partial charge in [-0.3, -0.25) is 5.43 Å². The van der Waals surface area contributed by atoms with Crippen LogP contribution in [0.1, 0.15) is 0 Å². The second-order valence-corrected chi connectivity index (χ2v) is 3.40. The summed E-state index contributed by atoms with van der Waals surface area (Å²) in [5.41, 5.74) is 2.59. The topological polar surface area (TPSA) is 89.9 Å². The van der Waals surface area contributed by atoms with Crippen LogP contribution in [0.25, 0.3) is 11.5 Å². The van der Waals surface area contributed by atoms with E-state index >= 15 is 0 Å². The number of nitrogens with two attached hydrogens (primary N) is 1. The van der Waals surface area contributed by atoms with E-state index in [0.717, 1.165) is 0 Å². The second-order valence-electron chi connectivity index (χ2n) is 2.55. The molecule has 0 saturated carbocycles. The van der Waals surface area contributed by atoms with Gasteiger partial charge in [0.05, 0.1) is 10.0 Å². The predicted octanol–water partition coefficient (Wildman–Crippen LogP) is 1.72. The fourth-order valence-corrected chi connectivity index (χ4v) is 1.42. The van der Waals surface area contributed by atoms with Gasteiger partial charge in [0, 0.05) is 6.20 Å². The fourth-order valence-electron chi connectivity index (χ4n) is 0.957. The molecule has 0 bridgehead atoms. The molecular formula is C7H5Cl2N5O. The van der Waals surface area contributed by atoms with Gasteiger partial charge >= 0.3 is 6.01 Å². The number of hydrazine groups is 1. The van der Waals surface area contributed by atoms with Crippen molar-refractivity contribution in [2.45, 2.75) is 0 Å². The van der Waals surface area contributed by atoms with Crippen molar-refractivity contribution in [2.75, 3.05) is 5.43 Å². The lowest BCUT2D eigenvalue weighted by Gasteiger charge is -1.97. The zero-order chi connectivity index (χ0) is 10.8. The van der Waals surface area contributed by atoms with Crippen molar-refractivity contribution >= 4 is 29.2 Å². The molecule has 2 aromatic heterocycles. The third-order valence-corrected chi connectivity index (χ3v) is 2.06. The summed E-state index contributed by atoms with van der Waals surface area (Å²) in [4.78, 5) is 7.86. The van der Waals surface area contributed by atoms with Crippen LogP contribution in [0.5, 0.6) is 0 Å². The average Bonchev–Trinajstić information content (AvgIpc) is 2.66. The van der Waals surface area contributed by atoms with E-state index in [4.69, 9.17) is 33.6 Å². The highest BCUT2D eigenvalue weighted by Crippen LogP contribution is 2.26. The Balaban J connectivity index is 2.44. The van der Waals surface area contributed by atoms with E-state index < -0.39 is 0 Å². The minimum Gasteiger partial charge on any atom is -0.314 e. The predicted molar refractivity (Wildman–Crippen MR) is 55.4 cm³/mol. The summed E-state index contributed by atoms with van der Waals surface area (Å²) in [6.07, 6.45) is 1.44. The molecule has 0 aliphatic carbocycles. The average molecular weight is 246 g/mol. The molecule has 0 aliphatic heterocycles. The molecule has 2 heterocycles. The van der Waals surface area contributed by atoms with Crippen LogP contribution < -0.4 is 11.3 Å². The minimum atomic E-state index is 0.0813. The Bertz CT molecular complexity index is 486. The number of nitrogens with one attached hydrogen (secondary N) is 1. The number of hydrogen-bond acceptors (Lipinski definition) is 6. The Kier molecular flexibility index (Phi) is 2.72. The van der Waals surface area contributed by atoms with Crippen LogP contribution in [-0.2, 0) is 0 Å². The Morgan fingerprint density at radius 1 is 1.40 bits per heavy atom. The number of nitrogen functional groups attached to an aromatic ring is 1. The van der Waals surface area contributed by atoms with Crippen LogP contribution in [0.15, 0.2) is 16.8 Å². The van der Waals surface area contributed by atoms with E-state index in [1.807, 2.05) is 0 Å². The zero-order valence-electron chi connectivity index (χ0n) is 7.24. The van der Waals surface area contributed by atoms with Gasteiger partial charge in [-0.2, -0.15) is 4.98 Å². The lowest BCUT2D eigenvalue weighted by Crippen LogP contribution is -2.06. The van der Waals surface area contributed by atoms with Gasteiger partial charge in [-0.25, -0.2) is 10.8 Å². The Labute approximate surface area is 94.4 Å². The van der Waals surface area contributed by atoms with Crippen LogP contribution in [0.3, 0.4) is 0 Å². The summed E-state index contributed by atoms with van der Waals surface area (Å²) in [6.45, 7) is 0. The van der Waals surface area contributed by atoms with E-state index in [9.17, 15) is 0 Å². The van der Waals surface area contributed by atoms with Gasteiger partial charge < -0.3 is 4.52 Å². The summed E-state index contributed by atoms with van der Waals surface area (Å²) in [5.74, 6) is 5.32. The van der Waals surface area contributed by atoms with Gasteiger partial charge in [-0.1, -0.05) is 28.4 Å². The zero-order valence-corrected chi connectivity index (χ0v) is 8.75. The minimum absolute atomic E-state index is 0.0813. The van der Waals surface area contributed by atoms with Crippen LogP contribution in [-0.4, -0.2) is 15.1 Å². The van der Waals surface area contributed by atoms with Crippen LogP contribution in [0, 0.1) is 0 Å². The molecule has 2 rings (SSSR count). The van der Waals surface area contributed by atoms with Crippen molar-refractivity contribution in [3.63, 3.8) is 0 Å². The van der Waals surface area contributed by atoms with Gasteiger partial charge in [-0.15, -0.1) is 0 Å². The van der Waals surface area contributed by atoms with Crippen molar-refractivity contribution in [2.24, 2.45) is 5.84 Å². The highest BCUT2D eigenvalue weighted by atomic mass is 35.5. The smallest absolute Gasteiger partial charge is 0.314 e. The molecule has 2 aromatic rings. The maximum absolute atomic E-state index is 5.90. The Morgan fingerprint density at radius 3 is 2.80 bits per heavy atom. The monoisotopic (exact) mass is 245 g/mol. The maximum atomic E-state index is 5.90. The number of pyridine rings is 1. The van der Waals surface area contributed by atoms with E-state index in [1.54, 1.807) is 0 Å². The summed E-state index contributed by atoms with van der Waals surface area (Å²) in [5, 5.41) is 4.40. The Morgan fingerprint density at radius 2 is 2.20 bits per heavy atom. The second kappa shape index (κ2) is 4.01. The molecular weight excluding hydrogens is 241 g/mol. The molecule has 0 amide bonds. The first-order valence-corrected chi connectivity index (χ1v) is 4.58. The van der Waals surface area contributed by atoms with Gasteiger partial charge in [-0.05, 0) is 6.07 Å². The molecule has 0 aliphatic rings. The largest absolute Gasteiger partial charge is 0.335 e. The maximum Gasteiger partial charge on any atom is 0.335 e. The summed E-state index contributed by atoms with van der Waals surface area (Å²) in [6, 6.07) is 1.62. The molecule has 3 N–H and O–H groups in total. The third kappa shape index (κ3) is 2.01. The first kappa shape index (κ1) is 10.2. The molecule has 0 atom stereocenters. The normalized spacial score (nSPS) is 10.3. The molecule has 78 valence electrons. The molecule has 0 unspecified atom stereocenters. The molecule has 8 heteroatoms. The van der Waals surface area contributed by atoms with Crippen molar-refractivity contribution in [1.82, 2.24) is 15.1 Å². The van der Waals surface area contributed by atoms with Gasteiger partial charge in [0.1, 0.15) is 5.69 Å². The summed E-state index contributed by atoms with van der Waals surface area (Å²) < 4.78 is 4.72. The van der Waals surface area contributed by atoms with Gasteiger partial charge in [0.2, 0.25) is 5.82 Å². The van der Waals surface area contributed by atoms with Crippen molar-refractivity contribution in [3.05, 3.63) is 22.3 Å². The number of halogens is 2. The number of nitrogens with zero attached hydrogens (tertiary/aromatic N) is 3. The number of aromatic nitrogens is 3. The first-order valence-electron chi connectivity index (χ1n) is 3.82. The van der Waals surface area contributed by atoms with Crippen molar-refractivity contribution in [3.8, 4) is 11.5 Å². The molecule has 0 fully saturated rings. The molecule has 0 saturated heterocycles. The quantitative estimate of drug-likeness (QED) is 0.619. The summed E-state index contributed by atoms with van der Waals surface area (Å²) in [7, 11) is 0. The molecule has 6 nitrogen and oxygen atoms in total. The van der Waals surface area contributed by atoms with E-state index in [2.05, 4.69) is 20.6 Å². The van der Waals surface area contributed by atoms with Crippen LogP contribution >= 0.6 is 23.2 Å². The molecule has 15 heavy (non-hydrogen) atoms. The Hall–Kier alpha value is -1.37. The third-order valence-electron chi connectivity index (χ3n) is 1.57. The van der Waals surface area contributed by atoms with E-state index in [1.165, 1.54) is 12.3 Å². The van der Waals surface area contributed by atoms with Crippen LogP contribution in [0.2, 0.25) is 10.0 Å². The summed E-state index contributed by atoms with van der Waals surface area (Å²) >= 11 is 11.6. The van der Waals surface area contributed by atoms with Crippen molar-refractivity contribution < 1.29 is 4.52 Å². The number of anilines is 1. The lowest BCUT2D eigenvalue weighted by molar-refractivity contribution is 0.432. The number of hydrogen-bond donors (Lipinski definition) is 2.